The van der Waals surface area contributed by atoms with Crippen LogP contribution in [-0.2, 0) is 10.5 Å². The number of thioether (sulfide) groups is 1. The Balaban J connectivity index is 1.71. The van der Waals surface area contributed by atoms with Crippen molar-refractivity contribution >= 4 is 44.9 Å². The van der Waals surface area contributed by atoms with E-state index in [0.717, 1.165) is 0 Å². The molecule has 0 aliphatic heterocycles. The number of aromatic nitrogens is 4. The number of halogens is 1. The summed E-state index contributed by atoms with van der Waals surface area (Å²) >= 11 is 2.57. The molecule has 4 rings (SSSR count). The quantitative estimate of drug-likeness (QED) is 0.381. The summed E-state index contributed by atoms with van der Waals surface area (Å²) in [5.41, 5.74) is 0.610. The molecule has 0 fully saturated rings. The van der Waals surface area contributed by atoms with Crippen molar-refractivity contribution in [1.82, 2.24) is 19.6 Å². The molecule has 0 aliphatic rings. The van der Waals surface area contributed by atoms with Crippen LogP contribution in [0.15, 0.2) is 41.8 Å². The summed E-state index contributed by atoms with van der Waals surface area (Å²) < 4.78 is 21.8. The van der Waals surface area contributed by atoms with Gasteiger partial charge in [-0.1, -0.05) is 17.8 Å². The van der Waals surface area contributed by atoms with E-state index in [9.17, 15) is 9.18 Å². The van der Waals surface area contributed by atoms with E-state index in [2.05, 4.69) is 15.1 Å². The number of esters is 1. The largest absolute Gasteiger partial charge is 0.462 e. The third-order valence-corrected chi connectivity index (χ3v) is 5.71. The highest BCUT2D eigenvalue weighted by Crippen LogP contribution is 2.37. The second-order valence-electron chi connectivity index (χ2n) is 5.29. The molecule has 0 N–H and O–H groups in total. The smallest absolute Gasteiger partial charge is 0.348 e. The number of benzene rings is 1. The van der Waals surface area contributed by atoms with Crippen molar-refractivity contribution in [1.29, 1.82) is 0 Å². The van der Waals surface area contributed by atoms with E-state index < -0.39 is 5.97 Å². The van der Waals surface area contributed by atoms with Gasteiger partial charge in [0.05, 0.1) is 6.61 Å². The van der Waals surface area contributed by atoms with Crippen LogP contribution in [0.5, 0.6) is 0 Å². The molecule has 26 heavy (non-hydrogen) atoms. The third-order valence-electron chi connectivity index (χ3n) is 3.67. The zero-order valence-corrected chi connectivity index (χ0v) is 15.3. The van der Waals surface area contributed by atoms with Gasteiger partial charge in [0.15, 0.2) is 0 Å². The third kappa shape index (κ3) is 3.04. The molecule has 0 saturated heterocycles. The molecule has 4 aromatic rings. The Labute approximate surface area is 156 Å². The lowest BCUT2D eigenvalue weighted by molar-refractivity contribution is 0.0531. The number of thiophene rings is 1. The summed E-state index contributed by atoms with van der Waals surface area (Å²) in [6.45, 7) is 2.01. The molecule has 0 bridgehead atoms. The lowest BCUT2D eigenvalue weighted by Gasteiger charge is -2.03. The van der Waals surface area contributed by atoms with E-state index in [0.29, 0.717) is 37.2 Å². The molecular weight excluding hydrogens is 375 g/mol. The SMILES string of the molecule is CCOC(=O)c1sc2cccc(F)c2c1CSc1nc2ncccn2n1. The van der Waals surface area contributed by atoms with Crippen molar-refractivity contribution < 1.29 is 13.9 Å². The standard InChI is InChI=1S/C17H13FN4O2S2/c1-2-24-15(23)14-10(13-11(18)5-3-6-12(13)26-14)9-25-17-20-16-19-7-4-8-22(16)21-17/h3-8H,2,9H2,1H3. The fraction of sp³-hybridized carbons (Fsp3) is 0.176. The van der Waals surface area contributed by atoms with E-state index in [4.69, 9.17) is 4.74 Å². The highest BCUT2D eigenvalue weighted by molar-refractivity contribution is 7.98. The van der Waals surface area contributed by atoms with Crippen molar-refractivity contribution in [2.75, 3.05) is 6.61 Å². The number of hydrogen-bond donors (Lipinski definition) is 0. The van der Waals surface area contributed by atoms with Crippen LogP contribution in [0.2, 0.25) is 0 Å². The maximum absolute atomic E-state index is 14.4. The van der Waals surface area contributed by atoms with Gasteiger partial charge in [-0.15, -0.1) is 16.4 Å². The Hall–Kier alpha value is -2.52. The lowest BCUT2D eigenvalue weighted by Crippen LogP contribution is -2.05. The fourth-order valence-electron chi connectivity index (χ4n) is 2.58. The van der Waals surface area contributed by atoms with Gasteiger partial charge in [-0.25, -0.2) is 18.7 Å². The van der Waals surface area contributed by atoms with Gasteiger partial charge in [-0.2, -0.15) is 4.98 Å². The number of fused-ring (bicyclic) bond motifs is 2. The van der Waals surface area contributed by atoms with Crippen molar-refractivity contribution in [2.24, 2.45) is 0 Å². The van der Waals surface area contributed by atoms with Crippen molar-refractivity contribution in [3.63, 3.8) is 0 Å². The van der Waals surface area contributed by atoms with E-state index in [1.165, 1.54) is 29.2 Å². The predicted octanol–water partition coefficient (Wildman–Crippen LogP) is 3.95. The minimum Gasteiger partial charge on any atom is -0.462 e. The van der Waals surface area contributed by atoms with Crippen LogP contribution >= 0.6 is 23.1 Å². The van der Waals surface area contributed by atoms with Crippen LogP contribution in [0.4, 0.5) is 4.39 Å². The van der Waals surface area contributed by atoms with Gasteiger partial charge in [0, 0.05) is 28.2 Å². The number of carbonyl (C=O) groups excluding carboxylic acids is 1. The monoisotopic (exact) mass is 388 g/mol. The maximum atomic E-state index is 14.4. The van der Waals surface area contributed by atoms with E-state index in [1.54, 1.807) is 42.0 Å². The highest BCUT2D eigenvalue weighted by atomic mass is 32.2. The molecule has 0 saturated carbocycles. The Kier molecular flexibility index (Phi) is 4.56. The second-order valence-corrected chi connectivity index (χ2v) is 7.29. The number of rotatable bonds is 5. The first-order valence-corrected chi connectivity index (χ1v) is 9.64. The van der Waals surface area contributed by atoms with Gasteiger partial charge in [-0.3, -0.25) is 0 Å². The highest BCUT2D eigenvalue weighted by Gasteiger charge is 2.22. The Bertz CT molecular complexity index is 1080. The fourth-order valence-corrected chi connectivity index (χ4v) is 4.65. The number of nitrogens with zero attached hydrogens (tertiary/aromatic N) is 4. The zero-order valence-electron chi connectivity index (χ0n) is 13.7. The summed E-state index contributed by atoms with van der Waals surface area (Å²) in [5, 5.41) is 5.29. The van der Waals surface area contributed by atoms with Gasteiger partial charge in [0.1, 0.15) is 10.7 Å². The Morgan fingerprint density at radius 3 is 3.08 bits per heavy atom. The van der Waals surface area contributed by atoms with Crippen LogP contribution in [0.1, 0.15) is 22.2 Å². The molecular formula is C17H13FN4O2S2. The average Bonchev–Trinajstić information content (AvgIpc) is 3.21. The molecule has 3 heterocycles. The van der Waals surface area contributed by atoms with E-state index >= 15 is 0 Å². The Morgan fingerprint density at radius 1 is 1.38 bits per heavy atom. The molecule has 1 aromatic carbocycles. The summed E-state index contributed by atoms with van der Waals surface area (Å²) in [4.78, 5) is 21.2. The number of hydrogen-bond acceptors (Lipinski definition) is 7. The number of ether oxygens (including phenoxy) is 1. The molecule has 0 amide bonds. The summed E-state index contributed by atoms with van der Waals surface area (Å²) in [7, 11) is 0. The van der Waals surface area contributed by atoms with Crippen LogP contribution in [0.3, 0.4) is 0 Å². The van der Waals surface area contributed by atoms with E-state index in [-0.39, 0.29) is 12.4 Å². The predicted molar refractivity (Wildman–Crippen MR) is 98.1 cm³/mol. The number of carbonyl (C=O) groups is 1. The van der Waals surface area contributed by atoms with Crippen molar-refractivity contribution in [3.8, 4) is 0 Å². The molecule has 6 nitrogen and oxygen atoms in total. The molecule has 9 heteroatoms. The van der Waals surface area contributed by atoms with Crippen molar-refractivity contribution in [2.45, 2.75) is 17.8 Å². The second kappa shape index (κ2) is 7.00. The zero-order chi connectivity index (χ0) is 18.1. The van der Waals surface area contributed by atoms with Crippen molar-refractivity contribution in [3.05, 3.63) is 52.9 Å². The maximum Gasteiger partial charge on any atom is 0.348 e. The average molecular weight is 388 g/mol. The Morgan fingerprint density at radius 2 is 2.27 bits per heavy atom. The van der Waals surface area contributed by atoms with Gasteiger partial charge in [0.2, 0.25) is 5.16 Å². The first kappa shape index (κ1) is 16.9. The van der Waals surface area contributed by atoms with Crippen LogP contribution < -0.4 is 0 Å². The van der Waals surface area contributed by atoms with Crippen LogP contribution in [-0.4, -0.2) is 32.2 Å². The van der Waals surface area contributed by atoms with Gasteiger partial charge >= 0.3 is 5.97 Å². The summed E-state index contributed by atoms with van der Waals surface area (Å²) in [6.07, 6.45) is 3.39. The summed E-state index contributed by atoms with van der Waals surface area (Å²) in [5.74, 6) is 0.0521. The first-order chi connectivity index (χ1) is 12.7. The van der Waals surface area contributed by atoms with Gasteiger partial charge < -0.3 is 4.74 Å². The van der Waals surface area contributed by atoms with Gasteiger partial charge in [-0.05, 0) is 30.7 Å². The minimum atomic E-state index is -0.437. The topological polar surface area (TPSA) is 69.4 Å². The molecule has 132 valence electrons. The molecule has 0 radical (unpaired) electrons. The minimum absolute atomic E-state index is 0.266. The molecule has 0 unspecified atom stereocenters. The first-order valence-electron chi connectivity index (χ1n) is 7.84. The summed E-state index contributed by atoms with van der Waals surface area (Å²) in [6, 6.07) is 6.59. The van der Waals surface area contributed by atoms with E-state index in [1.807, 2.05) is 0 Å². The van der Waals surface area contributed by atoms with Gasteiger partial charge in [0.25, 0.3) is 5.78 Å². The molecule has 0 atom stereocenters. The molecule has 0 spiro atoms. The lowest BCUT2D eigenvalue weighted by atomic mass is 10.1. The molecule has 0 aliphatic carbocycles. The molecule has 3 aromatic heterocycles. The van der Waals surface area contributed by atoms with Crippen LogP contribution in [0, 0.1) is 5.82 Å². The van der Waals surface area contributed by atoms with Crippen LogP contribution in [0.25, 0.3) is 15.9 Å². The normalized spacial score (nSPS) is 11.3.